The predicted octanol–water partition coefficient (Wildman–Crippen LogP) is 10.9. The number of hydrogen-bond donors (Lipinski definition) is 0. The molecule has 186 valence electrons. The average molecular weight is 526 g/mol. The Labute approximate surface area is 236 Å². The zero-order chi connectivity index (χ0) is 26.2. The van der Waals surface area contributed by atoms with Crippen molar-refractivity contribution in [3.63, 3.8) is 0 Å². The summed E-state index contributed by atoms with van der Waals surface area (Å²) in [6, 6.07) is 51.2. The molecule has 7 aromatic carbocycles. The number of aromatic nitrogens is 1. The van der Waals surface area contributed by atoms with E-state index in [1.807, 2.05) is 11.8 Å². The zero-order valence-electron chi connectivity index (χ0n) is 21.6. The second-order valence-corrected chi connectivity index (χ2v) is 11.6. The molecule has 0 unspecified atom stereocenters. The number of rotatable bonds is 2. The SMILES string of the molecule is c1ccc(-n2c3ccccc3c3c4ccc(-c5ccc6c7c(cccc57)-c5ccccc5S6)cc4ccc32)cc1. The van der Waals surface area contributed by atoms with E-state index in [1.165, 1.54) is 81.1 Å². The lowest BCUT2D eigenvalue weighted by atomic mass is 9.91. The van der Waals surface area contributed by atoms with Gasteiger partial charge in [-0.2, -0.15) is 0 Å². The lowest BCUT2D eigenvalue weighted by Gasteiger charge is -2.21. The Hall–Kier alpha value is -4.79. The van der Waals surface area contributed by atoms with Crippen molar-refractivity contribution in [2.45, 2.75) is 9.79 Å². The molecule has 1 aliphatic heterocycles. The Kier molecular flexibility index (Phi) is 4.61. The van der Waals surface area contributed by atoms with Crippen LogP contribution in [-0.2, 0) is 0 Å². The molecule has 0 radical (unpaired) electrons. The van der Waals surface area contributed by atoms with Crippen molar-refractivity contribution in [2.75, 3.05) is 0 Å². The summed E-state index contributed by atoms with van der Waals surface area (Å²) < 4.78 is 2.39. The van der Waals surface area contributed by atoms with Gasteiger partial charge < -0.3 is 4.57 Å². The van der Waals surface area contributed by atoms with Crippen molar-refractivity contribution in [3.05, 3.63) is 140 Å². The second kappa shape index (κ2) is 8.35. The maximum absolute atomic E-state index is 2.39. The fourth-order valence-corrected chi connectivity index (χ4v) is 7.78. The molecule has 1 nitrogen and oxygen atoms in total. The Bertz CT molecular complexity index is 2290. The summed E-state index contributed by atoms with van der Waals surface area (Å²) in [5.41, 5.74) is 8.87. The van der Waals surface area contributed by atoms with Crippen LogP contribution in [0.1, 0.15) is 0 Å². The number of benzene rings is 7. The quantitative estimate of drug-likeness (QED) is 0.217. The van der Waals surface area contributed by atoms with Crippen LogP contribution >= 0.6 is 11.8 Å². The highest BCUT2D eigenvalue weighted by molar-refractivity contribution is 7.99. The van der Waals surface area contributed by atoms with Crippen LogP contribution < -0.4 is 0 Å². The van der Waals surface area contributed by atoms with Crippen molar-refractivity contribution in [3.8, 4) is 27.9 Å². The smallest absolute Gasteiger partial charge is 0.0547 e. The zero-order valence-corrected chi connectivity index (χ0v) is 22.5. The molecule has 1 aromatic heterocycles. The van der Waals surface area contributed by atoms with Crippen molar-refractivity contribution in [2.24, 2.45) is 0 Å². The standard InChI is InChI=1S/C38H23NS/c1-2-9-26(10-3-1)39-33-15-6-4-12-32(33)37-28-19-17-24(23-25(28)18-21-34(37)39)27-20-22-36-38-30(27)13-8-14-31(38)29-11-5-7-16-35(29)40-36/h1-23H. The van der Waals surface area contributed by atoms with E-state index in [1.54, 1.807) is 0 Å². The number of para-hydroxylation sites is 2. The summed E-state index contributed by atoms with van der Waals surface area (Å²) >= 11 is 1.88. The van der Waals surface area contributed by atoms with Crippen molar-refractivity contribution in [1.29, 1.82) is 0 Å². The summed E-state index contributed by atoms with van der Waals surface area (Å²) in [6.45, 7) is 0. The third kappa shape index (κ3) is 3.05. The monoisotopic (exact) mass is 525 g/mol. The molecule has 0 saturated heterocycles. The predicted molar refractivity (Wildman–Crippen MR) is 171 cm³/mol. The molecule has 0 aliphatic carbocycles. The van der Waals surface area contributed by atoms with E-state index in [9.17, 15) is 0 Å². The van der Waals surface area contributed by atoms with Gasteiger partial charge in [-0.05, 0) is 80.9 Å². The fraction of sp³-hybridized carbons (Fsp3) is 0. The average Bonchev–Trinajstić information content (AvgIpc) is 3.36. The van der Waals surface area contributed by atoms with Gasteiger partial charge in [0.15, 0.2) is 0 Å². The highest BCUT2D eigenvalue weighted by Gasteiger charge is 2.21. The molecule has 0 amide bonds. The Morgan fingerprint density at radius 2 is 1.23 bits per heavy atom. The van der Waals surface area contributed by atoms with Gasteiger partial charge in [0.1, 0.15) is 0 Å². The first-order chi connectivity index (χ1) is 19.8. The maximum atomic E-state index is 2.39. The van der Waals surface area contributed by atoms with Gasteiger partial charge in [0, 0.05) is 31.6 Å². The number of nitrogens with zero attached hydrogens (tertiary/aromatic N) is 1. The first-order valence-corrected chi connectivity index (χ1v) is 14.5. The number of hydrogen-bond acceptors (Lipinski definition) is 1. The molecular weight excluding hydrogens is 502 g/mol. The summed E-state index contributed by atoms with van der Waals surface area (Å²) in [4.78, 5) is 2.67. The van der Waals surface area contributed by atoms with Crippen molar-refractivity contribution < 1.29 is 0 Å². The molecule has 2 heterocycles. The van der Waals surface area contributed by atoms with Crippen molar-refractivity contribution >= 4 is 55.1 Å². The van der Waals surface area contributed by atoms with E-state index in [2.05, 4.69) is 144 Å². The highest BCUT2D eigenvalue weighted by atomic mass is 32.2. The van der Waals surface area contributed by atoms with Crippen LogP contribution in [0.2, 0.25) is 0 Å². The van der Waals surface area contributed by atoms with E-state index >= 15 is 0 Å². The molecule has 40 heavy (non-hydrogen) atoms. The first-order valence-electron chi connectivity index (χ1n) is 13.7. The van der Waals surface area contributed by atoms with Gasteiger partial charge in [-0.15, -0.1) is 0 Å². The van der Waals surface area contributed by atoms with Gasteiger partial charge in [-0.25, -0.2) is 0 Å². The lowest BCUT2D eigenvalue weighted by molar-refractivity contribution is 1.18. The summed E-state index contributed by atoms with van der Waals surface area (Å²) in [5, 5.41) is 7.84. The molecule has 0 saturated carbocycles. The molecule has 0 spiro atoms. The molecule has 0 fully saturated rings. The minimum atomic E-state index is 1.19. The Balaban J connectivity index is 1.29. The largest absolute Gasteiger partial charge is 0.309 e. The molecule has 2 heteroatoms. The molecule has 0 bridgehead atoms. The van der Waals surface area contributed by atoms with Crippen LogP contribution in [0.4, 0.5) is 0 Å². The Morgan fingerprint density at radius 1 is 0.425 bits per heavy atom. The molecular formula is C38H23NS. The second-order valence-electron chi connectivity index (χ2n) is 10.5. The van der Waals surface area contributed by atoms with Gasteiger partial charge in [0.05, 0.1) is 11.0 Å². The van der Waals surface area contributed by atoms with Crippen LogP contribution in [-0.4, -0.2) is 4.57 Å². The van der Waals surface area contributed by atoms with Crippen LogP contribution in [0.25, 0.3) is 71.3 Å². The minimum Gasteiger partial charge on any atom is -0.309 e. The van der Waals surface area contributed by atoms with Gasteiger partial charge in [0.2, 0.25) is 0 Å². The van der Waals surface area contributed by atoms with E-state index in [0.29, 0.717) is 0 Å². The van der Waals surface area contributed by atoms with Crippen molar-refractivity contribution in [1.82, 2.24) is 4.57 Å². The van der Waals surface area contributed by atoms with Gasteiger partial charge >= 0.3 is 0 Å². The normalized spacial score (nSPS) is 12.4. The van der Waals surface area contributed by atoms with Gasteiger partial charge in [0.25, 0.3) is 0 Å². The molecule has 9 rings (SSSR count). The highest BCUT2D eigenvalue weighted by Crippen LogP contribution is 2.49. The Morgan fingerprint density at radius 3 is 2.17 bits per heavy atom. The van der Waals surface area contributed by atoms with Crippen LogP contribution in [0, 0.1) is 0 Å². The minimum absolute atomic E-state index is 1.19. The van der Waals surface area contributed by atoms with E-state index in [0.717, 1.165) is 0 Å². The number of fused-ring (bicyclic) bond motifs is 7. The third-order valence-corrected chi connectivity index (χ3v) is 9.51. The summed E-state index contributed by atoms with van der Waals surface area (Å²) in [7, 11) is 0. The van der Waals surface area contributed by atoms with E-state index in [4.69, 9.17) is 0 Å². The van der Waals surface area contributed by atoms with Crippen LogP contribution in [0.3, 0.4) is 0 Å². The van der Waals surface area contributed by atoms with Crippen LogP contribution in [0.5, 0.6) is 0 Å². The van der Waals surface area contributed by atoms with Gasteiger partial charge in [-0.3, -0.25) is 0 Å². The molecule has 1 aliphatic rings. The molecule has 8 aromatic rings. The van der Waals surface area contributed by atoms with E-state index in [-0.39, 0.29) is 0 Å². The summed E-state index contributed by atoms with van der Waals surface area (Å²) in [5.74, 6) is 0. The molecule has 0 N–H and O–H groups in total. The fourth-order valence-electron chi connectivity index (χ4n) is 6.65. The van der Waals surface area contributed by atoms with E-state index < -0.39 is 0 Å². The third-order valence-electron chi connectivity index (χ3n) is 8.38. The summed E-state index contributed by atoms with van der Waals surface area (Å²) in [6.07, 6.45) is 0. The van der Waals surface area contributed by atoms with Crippen LogP contribution in [0.15, 0.2) is 149 Å². The molecule has 0 atom stereocenters. The first kappa shape index (κ1) is 22.1. The lowest BCUT2D eigenvalue weighted by Crippen LogP contribution is -1.94. The maximum Gasteiger partial charge on any atom is 0.0547 e. The van der Waals surface area contributed by atoms with Gasteiger partial charge in [-0.1, -0.05) is 109 Å². The topological polar surface area (TPSA) is 4.93 Å².